The van der Waals surface area contributed by atoms with Gasteiger partial charge in [0.05, 0.1) is 25.0 Å². The lowest BCUT2D eigenvalue weighted by Gasteiger charge is -2.37. The molecule has 1 aromatic carbocycles. The van der Waals surface area contributed by atoms with Crippen LogP contribution >= 0.6 is 0 Å². The molecule has 5 rings (SSSR count). The molecule has 10 nitrogen and oxygen atoms in total. The van der Waals surface area contributed by atoms with Crippen LogP contribution in [0.2, 0.25) is 0 Å². The van der Waals surface area contributed by atoms with E-state index in [4.69, 9.17) is 13.9 Å². The molecule has 34 heavy (non-hydrogen) atoms. The third kappa shape index (κ3) is 4.71. The van der Waals surface area contributed by atoms with Crippen molar-refractivity contribution >= 4 is 23.0 Å². The van der Waals surface area contributed by atoms with E-state index in [2.05, 4.69) is 26.3 Å². The van der Waals surface area contributed by atoms with Gasteiger partial charge in [0.15, 0.2) is 17.3 Å². The molecule has 0 saturated carbocycles. The van der Waals surface area contributed by atoms with Gasteiger partial charge in [-0.3, -0.25) is 4.79 Å². The maximum absolute atomic E-state index is 12.6. The summed E-state index contributed by atoms with van der Waals surface area (Å²) in [6.07, 6.45) is 4.12. The molecule has 4 heterocycles. The number of ether oxygens (including phenoxy) is 2. The van der Waals surface area contributed by atoms with Gasteiger partial charge >= 0.3 is 0 Å². The highest BCUT2D eigenvalue weighted by Gasteiger charge is 2.40. The van der Waals surface area contributed by atoms with Gasteiger partial charge in [-0.2, -0.15) is 5.26 Å². The number of likely N-dealkylation sites (tertiary alicyclic amines) is 1. The average molecular weight is 463 g/mol. The van der Waals surface area contributed by atoms with Gasteiger partial charge in [-0.05, 0) is 24.6 Å². The second-order valence-electron chi connectivity index (χ2n) is 8.41. The van der Waals surface area contributed by atoms with E-state index in [9.17, 15) is 10.1 Å². The lowest BCUT2D eigenvalue weighted by Crippen LogP contribution is -2.47. The number of nitriles is 1. The van der Waals surface area contributed by atoms with Crippen molar-refractivity contribution in [2.24, 2.45) is 0 Å². The lowest BCUT2D eigenvalue weighted by molar-refractivity contribution is -0.187. The summed E-state index contributed by atoms with van der Waals surface area (Å²) in [6.45, 7) is 3.12. The first kappa shape index (κ1) is 22.3. The van der Waals surface area contributed by atoms with Crippen LogP contribution in [0.5, 0.6) is 0 Å². The van der Waals surface area contributed by atoms with Gasteiger partial charge in [0.1, 0.15) is 5.52 Å². The highest BCUT2D eigenvalue weighted by Crippen LogP contribution is 2.31. The standard InChI is InChI=1S/C24H26N6O4/c25-16-17(22-28-19-4-1-2-5-20(19)34-22)18-7-11-27-23(29-18)26-10-3-6-21(31)30-12-8-24(9-13-30)32-14-15-33-24/h1-2,4-5,7,11,17H,3,6,8-10,12-15H2,(H,26,27,29). The molecule has 1 amide bonds. The maximum atomic E-state index is 12.6. The number of oxazole rings is 1. The minimum atomic E-state index is -0.743. The normalized spacial score (nSPS) is 18.1. The van der Waals surface area contributed by atoms with Gasteiger partial charge in [0.25, 0.3) is 0 Å². The largest absolute Gasteiger partial charge is 0.439 e. The van der Waals surface area contributed by atoms with Gasteiger partial charge in [-0.1, -0.05) is 12.1 Å². The van der Waals surface area contributed by atoms with Crippen molar-refractivity contribution in [2.45, 2.75) is 37.4 Å². The number of hydrogen-bond donors (Lipinski definition) is 1. The van der Waals surface area contributed by atoms with E-state index in [0.29, 0.717) is 74.3 Å². The number of aromatic nitrogens is 3. The Hall–Kier alpha value is -3.55. The topological polar surface area (TPSA) is 126 Å². The van der Waals surface area contributed by atoms with Crippen LogP contribution in [0.4, 0.5) is 5.95 Å². The number of carbonyl (C=O) groups is 1. The number of amides is 1. The number of nitrogens with one attached hydrogen (secondary N) is 1. The second kappa shape index (κ2) is 9.75. The van der Waals surface area contributed by atoms with Gasteiger partial charge in [0, 0.05) is 45.1 Å². The smallest absolute Gasteiger partial charge is 0.222 e. The summed E-state index contributed by atoms with van der Waals surface area (Å²) in [6, 6.07) is 11.3. The SMILES string of the molecule is N#CC(c1ccnc(NCCCC(=O)N2CCC3(CC2)OCCO3)n1)c1nc2ccccc2o1. The Morgan fingerprint density at radius 1 is 1.18 bits per heavy atom. The zero-order valence-corrected chi connectivity index (χ0v) is 18.8. The molecule has 2 aromatic heterocycles. The monoisotopic (exact) mass is 462 g/mol. The fourth-order valence-electron chi connectivity index (χ4n) is 4.36. The molecule has 1 atom stereocenters. The van der Waals surface area contributed by atoms with E-state index in [1.165, 1.54) is 0 Å². The van der Waals surface area contributed by atoms with Crippen molar-refractivity contribution in [1.29, 1.82) is 5.26 Å². The highest BCUT2D eigenvalue weighted by atomic mass is 16.7. The fraction of sp³-hybridized carbons (Fsp3) is 0.458. The number of benzene rings is 1. The lowest BCUT2D eigenvalue weighted by atomic mass is 10.0. The Balaban J connectivity index is 1.12. The van der Waals surface area contributed by atoms with Crippen LogP contribution in [0.15, 0.2) is 40.9 Å². The van der Waals surface area contributed by atoms with E-state index >= 15 is 0 Å². The van der Waals surface area contributed by atoms with Crippen molar-refractivity contribution < 1.29 is 18.7 Å². The maximum Gasteiger partial charge on any atom is 0.222 e. The minimum absolute atomic E-state index is 0.129. The predicted molar refractivity (Wildman–Crippen MR) is 122 cm³/mol. The Bertz CT molecular complexity index is 1160. The minimum Gasteiger partial charge on any atom is -0.439 e. The first-order chi connectivity index (χ1) is 16.7. The van der Waals surface area contributed by atoms with Crippen molar-refractivity contribution in [3.63, 3.8) is 0 Å². The summed E-state index contributed by atoms with van der Waals surface area (Å²) in [7, 11) is 0. The number of carbonyl (C=O) groups excluding carboxylic acids is 1. The number of para-hydroxylation sites is 2. The van der Waals surface area contributed by atoms with Crippen LogP contribution in [-0.4, -0.2) is 64.4 Å². The second-order valence-corrected chi connectivity index (χ2v) is 8.41. The molecule has 176 valence electrons. The first-order valence-corrected chi connectivity index (χ1v) is 11.5. The summed E-state index contributed by atoms with van der Waals surface area (Å²) in [4.78, 5) is 27.6. The highest BCUT2D eigenvalue weighted by molar-refractivity contribution is 5.76. The molecule has 2 aliphatic rings. The van der Waals surface area contributed by atoms with Gasteiger partial charge < -0.3 is 24.1 Å². The van der Waals surface area contributed by atoms with Gasteiger partial charge in [-0.25, -0.2) is 15.0 Å². The number of nitrogens with zero attached hydrogens (tertiary/aromatic N) is 5. The summed E-state index contributed by atoms with van der Waals surface area (Å²) in [5, 5.41) is 12.9. The molecule has 2 aliphatic heterocycles. The molecule has 0 aliphatic carbocycles. The molecule has 0 bridgehead atoms. The number of piperidine rings is 1. The van der Waals surface area contributed by atoms with E-state index in [1.54, 1.807) is 12.3 Å². The molecular formula is C24H26N6O4. The Kier molecular flexibility index (Phi) is 6.38. The molecule has 1 N–H and O–H groups in total. The van der Waals surface area contributed by atoms with E-state index in [-0.39, 0.29) is 5.91 Å². The third-order valence-corrected chi connectivity index (χ3v) is 6.20. The predicted octanol–water partition coefficient (Wildman–Crippen LogP) is 2.83. The van der Waals surface area contributed by atoms with E-state index in [1.807, 2.05) is 29.2 Å². The van der Waals surface area contributed by atoms with Crippen LogP contribution in [0.25, 0.3) is 11.1 Å². The Morgan fingerprint density at radius 3 is 2.74 bits per heavy atom. The summed E-state index contributed by atoms with van der Waals surface area (Å²) in [5.41, 5.74) is 1.82. The molecule has 1 unspecified atom stereocenters. The van der Waals surface area contributed by atoms with Crippen LogP contribution in [0, 0.1) is 11.3 Å². The van der Waals surface area contributed by atoms with E-state index < -0.39 is 11.7 Å². The summed E-state index contributed by atoms with van der Waals surface area (Å²) >= 11 is 0. The van der Waals surface area contributed by atoms with Crippen molar-refractivity contribution in [1.82, 2.24) is 19.9 Å². The van der Waals surface area contributed by atoms with Gasteiger partial charge in [-0.15, -0.1) is 0 Å². The van der Waals surface area contributed by atoms with Crippen molar-refractivity contribution in [3.8, 4) is 6.07 Å². The fourth-order valence-corrected chi connectivity index (χ4v) is 4.36. The van der Waals surface area contributed by atoms with Gasteiger partial charge in [0.2, 0.25) is 17.7 Å². The molecule has 10 heteroatoms. The quantitative estimate of drug-likeness (QED) is 0.527. The number of fused-ring (bicyclic) bond motifs is 1. The summed E-state index contributed by atoms with van der Waals surface area (Å²) < 4.78 is 17.2. The first-order valence-electron chi connectivity index (χ1n) is 11.5. The zero-order chi connectivity index (χ0) is 23.4. The molecule has 1 spiro atoms. The summed E-state index contributed by atoms with van der Waals surface area (Å²) in [5.74, 6) is -0.384. The van der Waals surface area contributed by atoms with Crippen LogP contribution in [-0.2, 0) is 14.3 Å². The molecule has 2 fully saturated rings. The average Bonchev–Trinajstić information content (AvgIpc) is 3.50. The van der Waals surface area contributed by atoms with E-state index in [0.717, 1.165) is 12.8 Å². The van der Waals surface area contributed by atoms with Crippen molar-refractivity contribution in [3.05, 3.63) is 48.1 Å². The number of anilines is 1. The Labute approximate surface area is 196 Å². The third-order valence-electron chi connectivity index (χ3n) is 6.20. The molecule has 3 aromatic rings. The van der Waals surface area contributed by atoms with Crippen LogP contribution < -0.4 is 5.32 Å². The Morgan fingerprint density at radius 2 is 1.97 bits per heavy atom. The number of rotatable bonds is 7. The van der Waals surface area contributed by atoms with Crippen LogP contribution in [0.1, 0.15) is 43.2 Å². The molecular weight excluding hydrogens is 436 g/mol. The molecule has 0 radical (unpaired) electrons. The number of hydrogen-bond acceptors (Lipinski definition) is 9. The molecule has 2 saturated heterocycles. The van der Waals surface area contributed by atoms with Crippen LogP contribution in [0.3, 0.4) is 0 Å². The zero-order valence-electron chi connectivity index (χ0n) is 18.8. The van der Waals surface area contributed by atoms with Crippen molar-refractivity contribution in [2.75, 3.05) is 38.2 Å².